The van der Waals surface area contributed by atoms with Gasteiger partial charge in [0.25, 0.3) is 0 Å². The topological polar surface area (TPSA) is 35.3 Å². The van der Waals surface area contributed by atoms with Crippen molar-refractivity contribution in [1.29, 1.82) is 0 Å². The van der Waals surface area contributed by atoms with Gasteiger partial charge in [-0.2, -0.15) is 0 Å². The van der Waals surface area contributed by atoms with Gasteiger partial charge >= 0.3 is 0 Å². The summed E-state index contributed by atoms with van der Waals surface area (Å²) in [5.41, 5.74) is 2.65. The van der Waals surface area contributed by atoms with Crippen molar-refractivity contribution in [3.63, 3.8) is 0 Å². The number of hydrogen-bond acceptors (Lipinski definition) is 3. The van der Waals surface area contributed by atoms with E-state index in [2.05, 4.69) is 23.2 Å². The number of fused-ring (bicyclic) bond motifs is 3. The molecule has 0 bridgehead atoms. The number of ether oxygens (including phenoxy) is 1. The molecule has 4 rings (SSSR count). The number of methoxy groups -OCH3 is 1. The van der Waals surface area contributed by atoms with Crippen LogP contribution in [-0.2, 0) is 0 Å². The SMILES string of the molecule is COc1ccc(-c2nc3c(ccc4ccccc43)o2)cc1. The predicted octanol–water partition coefficient (Wildman–Crippen LogP) is 4.66. The molecule has 0 fully saturated rings. The molecule has 0 spiro atoms. The zero-order chi connectivity index (χ0) is 14.2. The first-order valence-electron chi connectivity index (χ1n) is 6.78. The third-order valence-corrected chi connectivity index (χ3v) is 3.62. The minimum absolute atomic E-state index is 0.629. The first kappa shape index (κ1) is 12.0. The summed E-state index contributed by atoms with van der Waals surface area (Å²) >= 11 is 0. The van der Waals surface area contributed by atoms with E-state index in [-0.39, 0.29) is 0 Å². The highest BCUT2D eigenvalue weighted by Gasteiger charge is 2.10. The molecule has 102 valence electrons. The summed E-state index contributed by atoms with van der Waals surface area (Å²) in [4.78, 5) is 4.66. The molecule has 1 aromatic heterocycles. The standard InChI is InChI=1S/C18H13NO2/c1-20-14-9-6-13(7-10-14)18-19-17-15-5-3-2-4-12(15)8-11-16(17)21-18/h2-11H,1H3. The first-order chi connectivity index (χ1) is 10.3. The first-order valence-corrected chi connectivity index (χ1v) is 6.78. The van der Waals surface area contributed by atoms with Crippen molar-refractivity contribution < 1.29 is 9.15 Å². The van der Waals surface area contributed by atoms with Gasteiger partial charge in [0.2, 0.25) is 5.89 Å². The lowest BCUT2D eigenvalue weighted by Gasteiger charge is -1.99. The third-order valence-electron chi connectivity index (χ3n) is 3.62. The monoisotopic (exact) mass is 275 g/mol. The minimum Gasteiger partial charge on any atom is -0.497 e. The maximum absolute atomic E-state index is 5.88. The van der Waals surface area contributed by atoms with Crippen molar-refractivity contribution in [3.05, 3.63) is 60.7 Å². The maximum atomic E-state index is 5.88. The van der Waals surface area contributed by atoms with Crippen molar-refractivity contribution in [3.8, 4) is 17.2 Å². The lowest BCUT2D eigenvalue weighted by atomic mass is 10.1. The van der Waals surface area contributed by atoms with E-state index in [9.17, 15) is 0 Å². The molecular weight excluding hydrogens is 262 g/mol. The molecule has 1 heterocycles. The highest BCUT2D eigenvalue weighted by Crippen LogP contribution is 2.30. The van der Waals surface area contributed by atoms with Crippen LogP contribution in [0.3, 0.4) is 0 Å². The molecular formula is C18H13NO2. The molecule has 0 aliphatic carbocycles. The van der Waals surface area contributed by atoms with Crippen molar-refractivity contribution in [1.82, 2.24) is 4.98 Å². The molecule has 0 aliphatic rings. The zero-order valence-corrected chi connectivity index (χ0v) is 11.5. The van der Waals surface area contributed by atoms with E-state index >= 15 is 0 Å². The van der Waals surface area contributed by atoms with Crippen molar-refractivity contribution >= 4 is 21.9 Å². The molecule has 0 aliphatic heterocycles. The Hall–Kier alpha value is -2.81. The van der Waals surface area contributed by atoms with E-state index in [0.29, 0.717) is 5.89 Å². The summed E-state index contributed by atoms with van der Waals surface area (Å²) in [6.07, 6.45) is 0. The number of aromatic nitrogens is 1. The van der Waals surface area contributed by atoms with E-state index in [1.807, 2.05) is 42.5 Å². The molecule has 0 atom stereocenters. The fourth-order valence-electron chi connectivity index (χ4n) is 2.52. The van der Waals surface area contributed by atoms with Crippen molar-refractivity contribution in [2.24, 2.45) is 0 Å². The van der Waals surface area contributed by atoms with Crippen LogP contribution < -0.4 is 4.74 Å². The van der Waals surface area contributed by atoms with Crippen LogP contribution in [0.25, 0.3) is 33.3 Å². The second-order valence-electron chi connectivity index (χ2n) is 4.88. The van der Waals surface area contributed by atoms with Gasteiger partial charge in [0.15, 0.2) is 5.58 Å². The van der Waals surface area contributed by atoms with Crippen LogP contribution in [-0.4, -0.2) is 12.1 Å². The zero-order valence-electron chi connectivity index (χ0n) is 11.5. The summed E-state index contributed by atoms with van der Waals surface area (Å²) < 4.78 is 11.1. The molecule has 0 N–H and O–H groups in total. The van der Waals surface area contributed by atoms with Gasteiger partial charge in [0, 0.05) is 10.9 Å². The summed E-state index contributed by atoms with van der Waals surface area (Å²) in [5, 5.41) is 2.28. The molecule has 0 saturated heterocycles. The molecule has 3 nitrogen and oxygen atoms in total. The van der Waals surface area contributed by atoms with Crippen LogP contribution in [0.2, 0.25) is 0 Å². The second-order valence-corrected chi connectivity index (χ2v) is 4.88. The third kappa shape index (κ3) is 1.94. The van der Waals surface area contributed by atoms with Gasteiger partial charge in [-0.25, -0.2) is 4.98 Å². The molecule has 0 unspecified atom stereocenters. The average Bonchev–Trinajstić information content (AvgIpc) is 2.99. The van der Waals surface area contributed by atoms with Crippen LogP contribution in [0.5, 0.6) is 5.75 Å². The Balaban J connectivity index is 1.91. The van der Waals surface area contributed by atoms with Gasteiger partial charge in [-0.15, -0.1) is 0 Å². The number of hydrogen-bond donors (Lipinski definition) is 0. The van der Waals surface area contributed by atoms with Crippen LogP contribution in [0.4, 0.5) is 0 Å². The van der Waals surface area contributed by atoms with Gasteiger partial charge < -0.3 is 9.15 Å². The molecule has 0 amide bonds. The molecule has 4 aromatic rings. The predicted molar refractivity (Wildman–Crippen MR) is 83.5 cm³/mol. The summed E-state index contributed by atoms with van der Waals surface area (Å²) in [6, 6.07) is 19.9. The molecule has 21 heavy (non-hydrogen) atoms. The fraction of sp³-hybridized carbons (Fsp3) is 0.0556. The summed E-state index contributed by atoms with van der Waals surface area (Å²) in [5.74, 6) is 1.45. The van der Waals surface area contributed by atoms with E-state index in [1.54, 1.807) is 7.11 Å². The summed E-state index contributed by atoms with van der Waals surface area (Å²) in [7, 11) is 1.65. The van der Waals surface area contributed by atoms with E-state index < -0.39 is 0 Å². The van der Waals surface area contributed by atoms with Crippen LogP contribution in [0.15, 0.2) is 65.1 Å². The molecule has 0 radical (unpaired) electrons. The van der Waals surface area contributed by atoms with Gasteiger partial charge in [-0.3, -0.25) is 0 Å². The Kier molecular flexibility index (Phi) is 2.64. The van der Waals surface area contributed by atoms with Crippen LogP contribution in [0.1, 0.15) is 0 Å². The number of benzene rings is 3. The van der Waals surface area contributed by atoms with E-state index in [1.165, 1.54) is 5.39 Å². The minimum atomic E-state index is 0.629. The van der Waals surface area contributed by atoms with Gasteiger partial charge in [0.1, 0.15) is 11.3 Å². The number of oxazole rings is 1. The summed E-state index contributed by atoms with van der Waals surface area (Å²) in [6.45, 7) is 0. The van der Waals surface area contributed by atoms with Crippen LogP contribution >= 0.6 is 0 Å². The number of nitrogens with zero attached hydrogens (tertiary/aromatic N) is 1. The smallest absolute Gasteiger partial charge is 0.227 e. The average molecular weight is 275 g/mol. The normalized spacial score (nSPS) is 11.1. The second kappa shape index (κ2) is 4.63. The molecule has 0 saturated carbocycles. The molecule has 3 heteroatoms. The highest BCUT2D eigenvalue weighted by molar-refractivity contribution is 6.03. The van der Waals surface area contributed by atoms with Gasteiger partial charge in [-0.1, -0.05) is 30.3 Å². The Morgan fingerprint density at radius 2 is 1.71 bits per heavy atom. The molecule has 3 aromatic carbocycles. The van der Waals surface area contributed by atoms with Crippen molar-refractivity contribution in [2.75, 3.05) is 7.11 Å². The number of rotatable bonds is 2. The Morgan fingerprint density at radius 1 is 0.905 bits per heavy atom. The Labute approximate surface area is 121 Å². The Bertz CT molecular complexity index is 923. The maximum Gasteiger partial charge on any atom is 0.227 e. The lowest BCUT2D eigenvalue weighted by Crippen LogP contribution is -1.82. The quantitative estimate of drug-likeness (QED) is 0.534. The van der Waals surface area contributed by atoms with E-state index in [0.717, 1.165) is 27.8 Å². The van der Waals surface area contributed by atoms with Crippen LogP contribution in [0, 0.1) is 0 Å². The van der Waals surface area contributed by atoms with Crippen molar-refractivity contribution in [2.45, 2.75) is 0 Å². The Morgan fingerprint density at radius 3 is 2.52 bits per heavy atom. The van der Waals surface area contributed by atoms with Gasteiger partial charge in [0.05, 0.1) is 7.11 Å². The van der Waals surface area contributed by atoms with E-state index in [4.69, 9.17) is 9.15 Å². The largest absolute Gasteiger partial charge is 0.497 e. The van der Waals surface area contributed by atoms with Gasteiger partial charge in [-0.05, 0) is 35.7 Å². The fourth-order valence-corrected chi connectivity index (χ4v) is 2.52. The lowest BCUT2D eigenvalue weighted by molar-refractivity contribution is 0.415. The highest BCUT2D eigenvalue weighted by atomic mass is 16.5.